The van der Waals surface area contributed by atoms with E-state index in [1.54, 1.807) is 18.6 Å². The lowest BCUT2D eigenvalue weighted by Gasteiger charge is -2.31. The molecule has 6 heteroatoms. The summed E-state index contributed by atoms with van der Waals surface area (Å²) in [6.45, 7) is 5.02. The number of hydrogen-bond donors (Lipinski definition) is 0. The molecule has 0 saturated carbocycles. The first kappa shape index (κ1) is 14.4. The first-order valence-electron chi connectivity index (χ1n) is 7.40. The van der Waals surface area contributed by atoms with Gasteiger partial charge in [0.1, 0.15) is 5.69 Å². The standard InChI is InChI=1S/C16H19N5O/c1-3-15(22)21-7-4-5-12(11-21)13-9-17-10-14(19-13)16-18-6-8-20(16)2/h3,6,8-10,12H,1,4-5,7,11H2,2H3. The minimum absolute atomic E-state index is 0.0158. The van der Waals surface area contributed by atoms with Gasteiger partial charge in [0, 0.05) is 44.6 Å². The summed E-state index contributed by atoms with van der Waals surface area (Å²) in [5, 5.41) is 0. The van der Waals surface area contributed by atoms with E-state index in [1.165, 1.54) is 6.08 Å². The van der Waals surface area contributed by atoms with Crippen molar-refractivity contribution in [3.63, 3.8) is 0 Å². The van der Waals surface area contributed by atoms with Gasteiger partial charge in [-0.1, -0.05) is 6.58 Å². The maximum atomic E-state index is 11.8. The summed E-state index contributed by atoms with van der Waals surface area (Å²) in [6, 6.07) is 0. The fourth-order valence-electron chi connectivity index (χ4n) is 2.85. The second-order valence-corrected chi connectivity index (χ2v) is 5.52. The number of rotatable bonds is 3. The predicted molar refractivity (Wildman–Crippen MR) is 83.0 cm³/mol. The number of carbonyl (C=O) groups excluding carboxylic acids is 1. The predicted octanol–water partition coefficient (Wildman–Crippen LogP) is 1.77. The summed E-state index contributed by atoms with van der Waals surface area (Å²) >= 11 is 0. The molecule has 1 saturated heterocycles. The Kier molecular flexibility index (Phi) is 4.00. The summed E-state index contributed by atoms with van der Waals surface area (Å²) in [5.41, 5.74) is 1.68. The fraction of sp³-hybridized carbons (Fsp3) is 0.375. The van der Waals surface area contributed by atoms with E-state index >= 15 is 0 Å². The molecule has 0 bridgehead atoms. The lowest BCUT2D eigenvalue weighted by atomic mass is 9.95. The Balaban J connectivity index is 1.84. The first-order chi connectivity index (χ1) is 10.7. The average molecular weight is 297 g/mol. The third-order valence-electron chi connectivity index (χ3n) is 4.03. The zero-order valence-corrected chi connectivity index (χ0v) is 12.6. The van der Waals surface area contributed by atoms with Crippen molar-refractivity contribution in [2.24, 2.45) is 7.05 Å². The summed E-state index contributed by atoms with van der Waals surface area (Å²) in [7, 11) is 1.93. The van der Waals surface area contributed by atoms with Gasteiger partial charge in [0.15, 0.2) is 5.82 Å². The summed E-state index contributed by atoms with van der Waals surface area (Å²) in [4.78, 5) is 27.0. The summed E-state index contributed by atoms with van der Waals surface area (Å²) < 4.78 is 1.92. The van der Waals surface area contributed by atoms with Crippen LogP contribution in [0.4, 0.5) is 0 Å². The van der Waals surface area contributed by atoms with Crippen LogP contribution in [-0.2, 0) is 11.8 Å². The van der Waals surface area contributed by atoms with Crippen LogP contribution in [0.5, 0.6) is 0 Å². The second-order valence-electron chi connectivity index (χ2n) is 5.52. The van der Waals surface area contributed by atoms with Crippen molar-refractivity contribution in [1.82, 2.24) is 24.4 Å². The van der Waals surface area contributed by atoms with Crippen LogP contribution < -0.4 is 0 Å². The Morgan fingerprint density at radius 3 is 3.05 bits per heavy atom. The van der Waals surface area contributed by atoms with E-state index in [-0.39, 0.29) is 11.8 Å². The molecule has 22 heavy (non-hydrogen) atoms. The molecule has 6 nitrogen and oxygen atoms in total. The Morgan fingerprint density at radius 1 is 1.45 bits per heavy atom. The average Bonchev–Trinajstić information content (AvgIpc) is 3.00. The quantitative estimate of drug-likeness (QED) is 0.810. The van der Waals surface area contributed by atoms with Crippen LogP contribution in [0.1, 0.15) is 24.5 Å². The van der Waals surface area contributed by atoms with Crippen LogP contribution in [0, 0.1) is 0 Å². The molecule has 1 fully saturated rings. The molecule has 2 aromatic rings. The van der Waals surface area contributed by atoms with Crippen molar-refractivity contribution in [2.75, 3.05) is 13.1 Å². The maximum absolute atomic E-state index is 11.8. The van der Waals surface area contributed by atoms with Gasteiger partial charge in [0.25, 0.3) is 0 Å². The Morgan fingerprint density at radius 2 is 2.32 bits per heavy atom. The van der Waals surface area contributed by atoms with Crippen LogP contribution >= 0.6 is 0 Å². The highest BCUT2D eigenvalue weighted by atomic mass is 16.2. The number of aryl methyl sites for hydroxylation is 1. The zero-order valence-electron chi connectivity index (χ0n) is 12.6. The maximum Gasteiger partial charge on any atom is 0.245 e. The Bertz CT molecular complexity index is 693. The van der Waals surface area contributed by atoms with Gasteiger partial charge in [-0.15, -0.1) is 0 Å². The van der Waals surface area contributed by atoms with Crippen molar-refractivity contribution in [3.8, 4) is 11.5 Å². The SMILES string of the molecule is C=CC(=O)N1CCCC(c2cncc(-c3nccn3C)n2)C1. The highest BCUT2D eigenvalue weighted by Crippen LogP contribution is 2.26. The minimum Gasteiger partial charge on any atom is -0.339 e. The number of aromatic nitrogens is 4. The summed E-state index contributed by atoms with van der Waals surface area (Å²) in [5.74, 6) is 0.993. The fourth-order valence-corrected chi connectivity index (χ4v) is 2.85. The van der Waals surface area contributed by atoms with E-state index in [0.29, 0.717) is 6.54 Å². The lowest BCUT2D eigenvalue weighted by molar-refractivity contribution is -0.127. The van der Waals surface area contributed by atoms with E-state index in [9.17, 15) is 4.79 Å². The van der Waals surface area contributed by atoms with E-state index in [1.807, 2.05) is 22.7 Å². The van der Waals surface area contributed by atoms with Crippen molar-refractivity contribution in [1.29, 1.82) is 0 Å². The number of nitrogens with zero attached hydrogens (tertiary/aromatic N) is 5. The number of amides is 1. The van der Waals surface area contributed by atoms with Gasteiger partial charge in [-0.3, -0.25) is 9.78 Å². The van der Waals surface area contributed by atoms with E-state index < -0.39 is 0 Å². The molecule has 1 amide bonds. The van der Waals surface area contributed by atoms with Crippen molar-refractivity contribution in [2.45, 2.75) is 18.8 Å². The lowest BCUT2D eigenvalue weighted by Crippen LogP contribution is -2.38. The molecule has 114 valence electrons. The number of likely N-dealkylation sites (tertiary alicyclic amines) is 1. The molecule has 0 spiro atoms. The van der Waals surface area contributed by atoms with Gasteiger partial charge in [-0.05, 0) is 18.9 Å². The molecular weight excluding hydrogens is 278 g/mol. The monoisotopic (exact) mass is 297 g/mol. The van der Waals surface area contributed by atoms with Gasteiger partial charge >= 0.3 is 0 Å². The van der Waals surface area contributed by atoms with Gasteiger partial charge in [-0.2, -0.15) is 0 Å². The van der Waals surface area contributed by atoms with Gasteiger partial charge < -0.3 is 9.47 Å². The van der Waals surface area contributed by atoms with E-state index in [2.05, 4.69) is 16.5 Å². The second kappa shape index (κ2) is 6.09. The Labute approximate surface area is 129 Å². The van der Waals surface area contributed by atoms with Gasteiger partial charge in [0.05, 0.1) is 11.9 Å². The molecule has 0 radical (unpaired) electrons. The first-order valence-corrected chi connectivity index (χ1v) is 7.40. The largest absolute Gasteiger partial charge is 0.339 e. The third-order valence-corrected chi connectivity index (χ3v) is 4.03. The van der Waals surface area contributed by atoms with E-state index in [0.717, 1.165) is 36.6 Å². The third kappa shape index (κ3) is 2.77. The molecule has 2 aromatic heterocycles. The number of piperidine rings is 1. The van der Waals surface area contributed by atoms with Crippen LogP contribution in [0.25, 0.3) is 11.5 Å². The normalized spacial score (nSPS) is 18.2. The molecule has 1 unspecified atom stereocenters. The number of carbonyl (C=O) groups is 1. The van der Waals surface area contributed by atoms with Crippen LogP contribution in [-0.4, -0.2) is 43.4 Å². The zero-order chi connectivity index (χ0) is 15.5. The number of imidazole rings is 1. The minimum atomic E-state index is -0.0158. The van der Waals surface area contributed by atoms with E-state index in [4.69, 9.17) is 4.98 Å². The smallest absolute Gasteiger partial charge is 0.245 e. The van der Waals surface area contributed by atoms with Crippen molar-refractivity contribution in [3.05, 3.63) is 43.1 Å². The van der Waals surface area contributed by atoms with Crippen molar-refractivity contribution < 1.29 is 4.79 Å². The number of hydrogen-bond acceptors (Lipinski definition) is 4. The van der Waals surface area contributed by atoms with Crippen LogP contribution in [0.3, 0.4) is 0 Å². The van der Waals surface area contributed by atoms with Crippen molar-refractivity contribution >= 4 is 5.91 Å². The molecule has 0 N–H and O–H groups in total. The topological polar surface area (TPSA) is 63.9 Å². The van der Waals surface area contributed by atoms with Crippen LogP contribution in [0.2, 0.25) is 0 Å². The highest BCUT2D eigenvalue weighted by molar-refractivity contribution is 5.87. The summed E-state index contributed by atoms with van der Waals surface area (Å²) in [6.07, 6.45) is 10.5. The molecule has 0 aromatic carbocycles. The van der Waals surface area contributed by atoms with Crippen LogP contribution in [0.15, 0.2) is 37.4 Å². The molecule has 1 aliphatic heterocycles. The molecule has 3 rings (SSSR count). The molecule has 0 aliphatic carbocycles. The highest BCUT2D eigenvalue weighted by Gasteiger charge is 2.25. The molecular formula is C16H19N5O. The molecule has 1 aliphatic rings. The molecule has 1 atom stereocenters. The molecule has 3 heterocycles. The Hall–Kier alpha value is -2.50. The van der Waals surface area contributed by atoms with Gasteiger partial charge in [0.2, 0.25) is 5.91 Å². The van der Waals surface area contributed by atoms with Gasteiger partial charge in [-0.25, -0.2) is 9.97 Å².